The zero-order valence-corrected chi connectivity index (χ0v) is 13.5. The van der Waals surface area contributed by atoms with E-state index < -0.39 is 0 Å². The first-order valence-electron chi connectivity index (χ1n) is 7.48. The van der Waals surface area contributed by atoms with Crippen LogP contribution in [-0.4, -0.2) is 24.4 Å². The van der Waals surface area contributed by atoms with Gasteiger partial charge in [-0.15, -0.1) is 0 Å². The van der Waals surface area contributed by atoms with Crippen LogP contribution in [0.5, 0.6) is 23.0 Å². The molecule has 0 bridgehead atoms. The highest BCUT2D eigenvalue weighted by molar-refractivity contribution is 5.87. The van der Waals surface area contributed by atoms with Crippen molar-refractivity contribution in [1.29, 1.82) is 0 Å². The third-order valence-electron chi connectivity index (χ3n) is 3.88. The van der Waals surface area contributed by atoms with Gasteiger partial charge in [-0.25, -0.2) is 0 Å². The lowest BCUT2D eigenvalue weighted by Gasteiger charge is -2.18. The predicted molar refractivity (Wildman–Crippen MR) is 93.7 cm³/mol. The smallest absolute Gasteiger partial charge is 0.170 e. The van der Waals surface area contributed by atoms with E-state index >= 15 is 0 Å². The van der Waals surface area contributed by atoms with E-state index in [-0.39, 0.29) is 11.5 Å². The molecule has 0 saturated carbocycles. The van der Waals surface area contributed by atoms with E-state index in [1.165, 1.54) is 7.11 Å². The fraction of sp³-hybridized carbons (Fsp3) is 0.100. The van der Waals surface area contributed by atoms with Crippen LogP contribution in [0, 0.1) is 0 Å². The summed E-state index contributed by atoms with van der Waals surface area (Å²) in [5.74, 6) is 1.10. The maximum Gasteiger partial charge on any atom is 0.170 e. The van der Waals surface area contributed by atoms with Crippen LogP contribution in [-0.2, 0) is 0 Å². The Bertz CT molecular complexity index is 840. The fourth-order valence-corrected chi connectivity index (χ4v) is 2.73. The van der Waals surface area contributed by atoms with Gasteiger partial charge in [-0.1, -0.05) is 42.5 Å². The highest BCUT2D eigenvalue weighted by Gasteiger charge is 2.21. The molecule has 0 saturated heterocycles. The van der Waals surface area contributed by atoms with Crippen LogP contribution < -0.4 is 9.47 Å². The Kier molecular flexibility index (Phi) is 4.29. The van der Waals surface area contributed by atoms with Gasteiger partial charge < -0.3 is 19.7 Å². The minimum absolute atomic E-state index is 0.0196. The summed E-state index contributed by atoms with van der Waals surface area (Å²) in [6.45, 7) is 0. The molecule has 0 aliphatic rings. The summed E-state index contributed by atoms with van der Waals surface area (Å²) in [5.41, 5.74) is 2.91. The first kappa shape index (κ1) is 15.7. The van der Waals surface area contributed by atoms with Gasteiger partial charge in [0.1, 0.15) is 11.5 Å². The van der Waals surface area contributed by atoms with Crippen molar-refractivity contribution in [2.24, 2.45) is 0 Å². The highest BCUT2D eigenvalue weighted by Crippen LogP contribution is 2.49. The van der Waals surface area contributed by atoms with Crippen molar-refractivity contribution in [3.8, 4) is 45.3 Å². The Hall–Kier alpha value is -3.14. The molecule has 3 aromatic rings. The molecule has 122 valence electrons. The average molecular weight is 322 g/mol. The average Bonchev–Trinajstić information content (AvgIpc) is 2.62. The Morgan fingerprint density at radius 3 is 2.00 bits per heavy atom. The summed E-state index contributed by atoms with van der Waals surface area (Å²) in [6, 6.07) is 18.0. The van der Waals surface area contributed by atoms with Gasteiger partial charge in [0.05, 0.1) is 19.8 Å². The Balaban J connectivity index is 2.26. The van der Waals surface area contributed by atoms with Crippen molar-refractivity contribution in [1.82, 2.24) is 0 Å². The topological polar surface area (TPSA) is 58.9 Å². The molecule has 2 N–H and O–H groups in total. The number of phenols is 2. The molecule has 0 spiro atoms. The number of methoxy groups -OCH3 is 2. The van der Waals surface area contributed by atoms with Gasteiger partial charge >= 0.3 is 0 Å². The van der Waals surface area contributed by atoms with Gasteiger partial charge in [0.2, 0.25) is 0 Å². The quantitative estimate of drug-likeness (QED) is 0.745. The van der Waals surface area contributed by atoms with Crippen molar-refractivity contribution in [2.75, 3.05) is 14.2 Å². The molecular weight excluding hydrogens is 304 g/mol. The minimum atomic E-state index is 0.0196. The van der Waals surface area contributed by atoms with Crippen molar-refractivity contribution in [2.45, 2.75) is 0 Å². The summed E-state index contributed by atoms with van der Waals surface area (Å²) in [6.07, 6.45) is 0. The van der Waals surface area contributed by atoms with E-state index in [0.29, 0.717) is 22.6 Å². The number of rotatable bonds is 4. The SMILES string of the molecule is COc1cc(-c2ccc(O)cc2)c(OC)c(O)c1-c1ccccc1. The van der Waals surface area contributed by atoms with E-state index in [0.717, 1.165) is 11.1 Å². The molecule has 3 aromatic carbocycles. The van der Waals surface area contributed by atoms with E-state index in [2.05, 4.69) is 0 Å². The number of ether oxygens (including phenoxy) is 2. The van der Waals surface area contributed by atoms with Crippen LogP contribution in [0.25, 0.3) is 22.3 Å². The van der Waals surface area contributed by atoms with Gasteiger partial charge in [0, 0.05) is 5.56 Å². The van der Waals surface area contributed by atoms with Gasteiger partial charge in [-0.2, -0.15) is 0 Å². The number of hydrogen-bond donors (Lipinski definition) is 2. The number of hydrogen-bond acceptors (Lipinski definition) is 4. The second-order valence-electron chi connectivity index (χ2n) is 5.30. The molecular formula is C20H18O4. The molecule has 0 heterocycles. The fourth-order valence-electron chi connectivity index (χ4n) is 2.73. The maximum atomic E-state index is 10.8. The molecule has 24 heavy (non-hydrogen) atoms. The molecule has 0 aliphatic carbocycles. The minimum Gasteiger partial charge on any atom is -0.508 e. The van der Waals surface area contributed by atoms with Gasteiger partial charge in [0.15, 0.2) is 11.5 Å². The van der Waals surface area contributed by atoms with Crippen LogP contribution in [0.2, 0.25) is 0 Å². The normalized spacial score (nSPS) is 10.4. The second-order valence-corrected chi connectivity index (χ2v) is 5.30. The standard InChI is InChI=1S/C20H18O4/c1-23-17-12-16(13-8-10-15(21)11-9-13)20(24-2)19(22)18(17)14-6-4-3-5-7-14/h3-12,21-22H,1-2H3. The van der Waals surface area contributed by atoms with Crippen LogP contribution in [0.4, 0.5) is 0 Å². The van der Waals surface area contributed by atoms with Crippen molar-refractivity contribution < 1.29 is 19.7 Å². The first-order chi connectivity index (χ1) is 11.7. The number of benzene rings is 3. The van der Waals surface area contributed by atoms with Gasteiger partial charge in [0.25, 0.3) is 0 Å². The molecule has 0 radical (unpaired) electrons. The Morgan fingerprint density at radius 2 is 1.42 bits per heavy atom. The molecule has 0 aliphatic heterocycles. The summed E-state index contributed by atoms with van der Waals surface area (Å²) >= 11 is 0. The van der Waals surface area contributed by atoms with Crippen LogP contribution in [0.15, 0.2) is 60.7 Å². The van der Waals surface area contributed by atoms with Gasteiger partial charge in [-0.3, -0.25) is 0 Å². The van der Waals surface area contributed by atoms with Crippen LogP contribution in [0.3, 0.4) is 0 Å². The molecule has 0 amide bonds. The Labute approximate surface area is 140 Å². The van der Waals surface area contributed by atoms with Crippen LogP contribution in [0.1, 0.15) is 0 Å². The lowest BCUT2D eigenvalue weighted by Crippen LogP contribution is -1.95. The summed E-state index contributed by atoms with van der Waals surface area (Å²) in [5, 5.41) is 20.3. The maximum absolute atomic E-state index is 10.8. The first-order valence-corrected chi connectivity index (χ1v) is 7.48. The molecule has 4 nitrogen and oxygen atoms in total. The Morgan fingerprint density at radius 1 is 0.750 bits per heavy atom. The molecule has 3 rings (SSSR count). The summed E-state index contributed by atoms with van der Waals surface area (Å²) in [7, 11) is 3.08. The van der Waals surface area contributed by atoms with E-state index in [1.54, 1.807) is 31.4 Å². The van der Waals surface area contributed by atoms with Crippen molar-refractivity contribution >= 4 is 0 Å². The van der Waals surface area contributed by atoms with E-state index in [1.807, 2.05) is 36.4 Å². The second kappa shape index (κ2) is 6.54. The lowest BCUT2D eigenvalue weighted by molar-refractivity contribution is 0.369. The summed E-state index contributed by atoms with van der Waals surface area (Å²) < 4.78 is 11.0. The molecule has 0 atom stereocenters. The predicted octanol–water partition coefficient (Wildman–Crippen LogP) is 4.45. The van der Waals surface area contributed by atoms with Crippen molar-refractivity contribution in [3.05, 3.63) is 60.7 Å². The van der Waals surface area contributed by atoms with Crippen LogP contribution >= 0.6 is 0 Å². The molecule has 0 fully saturated rings. The highest BCUT2D eigenvalue weighted by atomic mass is 16.5. The third kappa shape index (κ3) is 2.74. The van der Waals surface area contributed by atoms with E-state index in [9.17, 15) is 10.2 Å². The molecule has 0 unspecified atom stereocenters. The summed E-state index contributed by atoms with van der Waals surface area (Å²) in [4.78, 5) is 0. The van der Waals surface area contributed by atoms with Gasteiger partial charge in [-0.05, 0) is 29.3 Å². The third-order valence-corrected chi connectivity index (χ3v) is 3.88. The lowest BCUT2D eigenvalue weighted by atomic mass is 9.96. The largest absolute Gasteiger partial charge is 0.508 e. The number of phenolic OH excluding ortho intramolecular Hbond substituents is 2. The number of aromatic hydroxyl groups is 2. The zero-order chi connectivity index (χ0) is 17.1. The molecule has 0 aromatic heterocycles. The molecule has 4 heteroatoms. The van der Waals surface area contributed by atoms with E-state index in [4.69, 9.17) is 9.47 Å². The zero-order valence-electron chi connectivity index (χ0n) is 13.5. The monoisotopic (exact) mass is 322 g/mol. The van der Waals surface area contributed by atoms with Crippen molar-refractivity contribution in [3.63, 3.8) is 0 Å².